The molecule has 1 fully saturated rings. The summed E-state index contributed by atoms with van der Waals surface area (Å²) >= 11 is 0. The molecule has 0 aliphatic carbocycles. The first-order chi connectivity index (χ1) is 6.27. The van der Waals surface area contributed by atoms with Crippen molar-refractivity contribution in [2.75, 3.05) is 25.6 Å². The number of hydrogen-bond acceptors (Lipinski definition) is 4. The highest BCUT2D eigenvalue weighted by molar-refractivity contribution is 5.25. The van der Waals surface area contributed by atoms with Gasteiger partial charge in [-0.25, -0.2) is 0 Å². The molecule has 0 spiro atoms. The van der Waals surface area contributed by atoms with E-state index in [9.17, 15) is 0 Å². The van der Waals surface area contributed by atoms with E-state index in [1.54, 1.807) is 0 Å². The second-order valence-electron chi connectivity index (χ2n) is 3.42. The molecule has 1 N–H and O–H groups in total. The largest absolute Gasteiger partial charge is 0.370 e. The summed E-state index contributed by atoms with van der Waals surface area (Å²) < 4.78 is 5.48. The van der Waals surface area contributed by atoms with Gasteiger partial charge in [0.1, 0.15) is 6.10 Å². The molecule has 0 amide bonds. The van der Waals surface area contributed by atoms with E-state index in [4.69, 9.17) is 4.74 Å². The van der Waals surface area contributed by atoms with E-state index in [-0.39, 0.29) is 6.10 Å². The van der Waals surface area contributed by atoms with Crippen LogP contribution in [-0.2, 0) is 4.74 Å². The molecule has 0 radical (unpaired) electrons. The third-order valence-electron chi connectivity index (χ3n) is 2.13. The van der Waals surface area contributed by atoms with E-state index < -0.39 is 0 Å². The van der Waals surface area contributed by atoms with Crippen molar-refractivity contribution in [3.8, 4) is 0 Å². The number of nitrogens with zero attached hydrogens (tertiary/aromatic N) is 3. The molecule has 0 aromatic carbocycles. The highest BCUT2D eigenvalue weighted by Crippen LogP contribution is 2.26. The molecular formula is C8H14N4O. The molecule has 2 rings (SSSR count). The van der Waals surface area contributed by atoms with Crippen molar-refractivity contribution in [3.05, 3.63) is 5.82 Å². The quantitative estimate of drug-likeness (QED) is 0.732. The standard InChI is InChI=1S/C8H14N4O/c1-12(2)8-9-7(10-11-8)6-4-3-5-13-6/h6H,3-5H2,1-2H3,(H,9,10,11)/t6-/m0/s1. The molecule has 1 aliphatic heterocycles. The van der Waals surface area contributed by atoms with E-state index in [1.807, 2.05) is 19.0 Å². The smallest absolute Gasteiger partial charge is 0.244 e. The van der Waals surface area contributed by atoms with Gasteiger partial charge in [0.25, 0.3) is 0 Å². The maximum absolute atomic E-state index is 5.48. The molecule has 0 bridgehead atoms. The SMILES string of the molecule is CN(C)c1n[nH]c([C@@H]2CCCO2)n1. The Kier molecular flexibility index (Phi) is 2.18. The second kappa shape index (κ2) is 3.33. The molecule has 1 saturated heterocycles. The first kappa shape index (κ1) is 8.50. The molecule has 1 atom stereocenters. The highest BCUT2D eigenvalue weighted by atomic mass is 16.5. The summed E-state index contributed by atoms with van der Waals surface area (Å²) in [6.45, 7) is 0.836. The number of hydrogen-bond donors (Lipinski definition) is 1. The minimum Gasteiger partial charge on any atom is -0.370 e. The molecule has 72 valence electrons. The molecule has 1 aromatic heterocycles. The predicted molar refractivity (Wildman–Crippen MR) is 48.6 cm³/mol. The van der Waals surface area contributed by atoms with Crippen molar-refractivity contribution < 1.29 is 4.74 Å². The van der Waals surface area contributed by atoms with Crippen LogP contribution in [0.15, 0.2) is 0 Å². The van der Waals surface area contributed by atoms with Crippen molar-refractivity contribution in [2.24, 2.45) is 0 Å². The van der Waals surface area contributed by atoms with Gasteiger partial charge >= 0.3 is 0 Å². The zero-order valence-corrected chi connectivity index (χ0v) is 7.95. The van der Waals surface area contributed by atoms with Gasteiger partial charge in [0.15, 0.2) is 5.82 Å². The number of aromatic amines is 1. The summed E-state index contributed by atoms with van der Waals surface area (Å²) in [7, 11) is 3.84. The molecule has 2 heterocycles. The van der Waals surface area contributed by atoms with Gasteiger partial charge in [0.2, 0.25) is 5.95 Å². The van der Waals surface area contributed by atoms with Gasteiger partial charge in [-0.15, -0.1) is 5.10 Å². The number of anilines is 1. The third kappa shape index (κ3) is 1.65. The topological polar surface area (TPSA) is 54.0 Å². The van der Waals surface area contributed by atoms with Crippen molar-refractivity contribution in [1.29, 1.82) is 0 Å². The van der Waals surface area contributed by atoms with E-state index in [2.05, 4.69) is 15.2 Å². The monoisotopic (exact) mass is 182 g/mol. The Morgan fingerprint density at radius 2 is 2.38 bits per heavy atom. The number of ether oxygens (including phenoxy) is 1. The lowest BCUT2D eigenvalue weighted by Gasteiger charge is -2.05. The van der Waals surface area contributed by atoms with Crippen LogP contribution in [0.25, 0.3) is 0 Å². The average Bonchev–Trinajstić information content (AvgIpc) is 2.75. The van der Waals surface area contributed by atoms with Crippen LogP contribution in [0.1, 0.15) is 24.8 Å². The minimum absolute atomic E-state index is 0.126. The lowest BCUT2D eigenvalue weighted by Crippen LogP contribution is -2.10. The van der Waals surface area contributed by atoms with Crippen molar-refractivity contribution >= 4 is 5.95 Å². The van der Waals surface area contributed by atoms with Crippen LogP contribution < -0.4 is 4.90 Å². The van der Waals surface area contributed by atoms with Crippen LogP contribution in [0, 0.1) is 0 Å². The van der Waals surface area contributed by atoms with Gasteiger partial charge < -0.3 is 9.64 Å². The minimum atomic E-state index is 0.126. The van der Waals surface area contributed by atoms with E-state index in [1.165, 1.54) is 0 Å². The number of H-pyrrole nitrogens is 1. The zero-order valence-electron chi connectivity index (χ0n) is 7.95. The summed E-state index contributed by atoms with van der Waals surface area (Å²) in [4.78, 5) is 6.20. The van der Waals surface area contributed by atoms with Crippen LogP contribution in [0.3, 0.4) is 0 Å². The average molecular weight is 182 g/mol. The van der Waals surface area contributed by atoms with Gasteiger partial charge in [-0.1, -0.05) is 0 Å². The third-order valence-corrected chi connectivity index (χ3v) is 2.13. The molecule has 13 heavy (non-hydrogen) atoms. The van der Waals surface area contributed by atoms with Gasteiger partial charge in [0.05, 0.1) is 0 Å². The van der Waals surface area contributed by atoms with Crippen molar-refractivity contribution in [2.45, 2.75) is 18.9 Å². The predicted octanol–water partition coefficient (Wildman–Crippen LogP) is 0.722. The Labute approximate surface area is 77.1 Å². The first-order valence-corrected chi connectivity index (χ1v) is 4.48. The summed E-state index contributed by atoms with van der Waals surface area (Å²) in [5, 5.41) is 6.97. The van der Waals surface area contributed by atoms with Crippen LogP contribution in [0.4, 0.5) is 5.95 Å². The van der Waals surface area contributed by atoms with Crippen LogP contribution in [-0.4, -0.2) is 35.9 Å². The Morgan fingerprint density at radius 1 is 1.54 bits per heavy atom. The fourth-order valence-corrected chi connectivity index (χ4v) is 1.40. The van der Waals surface area contributed by atoms with Gasteiger partial charge in [-0.3, -0.25) is 5.10 Å². The van der Waals surface area contributed by atoms with E-state index in [0.29, 0.717) is 5.95 Å². The van der Waals surface area contributed by atoms with Crippen LogP contribution in [0.5, 0.6) is 0 Å². The summed E-state index contributed by atoms with van der Waals surface area (Å²) in [5.41, 5.74) is 0. The van der Waals surface area contributed by atoms with Gasteiger partial charge in [0, 0.05) is 20.7 Å². The molecule has 5 heteroatoms. The van der Waals surface area contributed by atoms with Crippen molar-refractivity contribution in [3.63, 3.8) is 0 Å². The Hall–Kier alpha value is -1.10. The fourth-order valence-electron chi connectivity index (χ4n) is 1.40. The second-order valence-corrected chi connectivity index (χ2v) is 3.42. The lowest BCUT2D eigenvalue weighted by atomic mass is 10.2. The molecule has 0 saturated carbocycles. The van der Waals surface area contributed by atoms with Crippen LogP contribution >= 0.6 is 0 Å². The maximum Gasteiger partial charge on any atom is 0.244 e. The maximum atomic E-state index is 5.48. The fraction of sp³-hybridized carbons (Fsp3) is 0.750. The Morgan fingerprint density at radius 3 is 2.92 bits per heavy atom. The first-order valence-electron chi connectivity index (χ1n) is 4.48. The number of nitrogens with one attached hydrogen (secondary N) is 1. The summed E-state index contributed by atoms with van der Waals surface area (Å²) in [5.74, 6) is 1.56. The Bertz CT molecular complexity index is 277. The van der Waals surface area contributed by atoms with E-state index in [0.717, 1.165) is 25.3 Å². The molecule has 1 aromatic rings. The van der Waals surface area contributed by atoms with Gasteiger partial charge in [-0.05, 0) is 12.8 Å². The number of aromatic nitrogens is 3. The summed E-state index contributed by atoms with van der Waals surface area (Å²) in [6, 6.07) is 0. The van der Waals surface area contributed by atoms with Crippen molar-refractivity contribution in [1.82, 2.24) is 15.2 Å². The normalized spacial score (nSPS) is 22.2. The summed E-state index contributed by atoms with van der Waals surface area (Å²) in [6.07, 6.45) is 2.28. The number of rotatable bonds is 2. The molecule has 1 aliphatic rings. The van der Waals surface area contributed by atoms with E-state index >= 15 is 0 Å². The molecule has 5 nitrogen and oxygen atoms in total. The van der Waals surface area contributed by atoms with Gasteiger partial charge in [-0.2, -0.15) is 4.98 Å². The highest BCUT2D eigenvalue weighted by Gasteiger charge is 2.21. The zero-order chi connectivity index (χ0) is 9.26. The molecule has 0 unspecified atom stereocenters. The van der Waals surface area contributed by atoms with Crippen LogP contribution in [0.2, 0.25) is 0 Å². The lowest BCUT2D eigenvalue weighted by molar-refractivity contribution is 0.105. The molecular weight excluding hydrogens is 168 g/mol. The Balaban J connectivity index is 2.12.